The molecule has 2 heterocycles. The zero-order valence-corrected chi connectivity index (χ0v) is 21.4. The Balaban J connectivity index is 1.50. The van der Waals surface area contributed by atoms with Crippen LogP contribution >= 0.6 is 11.6 Å². The fourth-order valence-electron chi connectivity index (χ4n) is 4.75. The molecule has 0 aliphatic carbocycles. The van der Waals surface area contributed by atoms with Crippen LogP contribution in [0.5, 0.6) is 0 Å². The van der Waals surface area contributed by atoms with E-state index in [1.54, 1.807) is 60.5 Å². The van der Waals surface area contributed by atoms with E-state index in [1.165, 1.54) is 0 Å². The molecule has 9 heteroatoms. The molecule has 3 aromatic rings. The summed E-state index contributed by atoms with van der Waals surface area (Å²) in [5, 5.41) is 2.20. The van der Waals surface area contributed by atoms with Crippen LogP contribution in [-0.2, 0) is 19.2 Å². The number of hydrogen-bond donors (Lipinski definition) is 0. The van der Waals surface area contributed by atoms with E-state index >= 15 is 0 Å². The summed E-state index contributed by atoms with van der Waals surface area (Å²) in [7, 11) is 3.90. The van der Waals surface area contributed by atoms with Crippen molar-refractivity contribution in [2.75, 3.05) is 35.6 Å². The number of hydroxylamine groups is 1. The summed E-state index contributed by atoms with van der Waals surface area (Å²) in [6.45, 7) is 1.98. The van der Waals surface area contributed by atoms with E-state index in [-0.39, 0.29) is 12.5 Å². The van der Waals surface area contributed by atoms with Gasteiger partial charge in [0, 0.05) is 24.8 Å². The van der Waals surface area contributed by atoms with Gasteiger partial charge in [0.25, 0.3) is 5.91 Å². The van der Waals surface area contributed by atoms with Crippen molar-refractivity contribution in [1.29, 1.82) is 0 Å². The van der Waals surface area contributed by atoms with Crippen LogP contribution in [0, 0.1) is 5.92 Å². The molecule has 5 rings (SSSR count). The molecule has 2 aliphatic rings. The van der Waals surface area contributed by atoms with Gasteiger partial charge in [-0.3, -0.25) is 14.4 Å². The third kappa shape index (κ3) is 4.43. The highest BCUT2D eigenvalue weighted by molar-refractivity contribution is 6.30. The Morgan fingerprint density at radius 2 is 1.54 bits per heavy atom. The number of nitrogens with zero attached hydrogens (tertiary/aromatic N) is 3. The van der Waals surface area contributed by atoms with Gasteiger partial charge >= 0.3 is 5.97 Å². The summed E-state index contributed by atoms with van der Waals surface area (Å²) in [6, 6.07) is 20.6. The van der Waals surface area contributed by atoms with Crippen molar-refractivity contribution in [1.82, 2.24) is 0 Å². The van der Waals surface area contributed by atoms with Crippen LogP contribution in [0.1, 0.15) is 28.9 Å². The zero-order chi connectivity index (χ0) is 26.3. The van der Waals surface area contributed by atoms with E-state index in [2.05, 4.69) is 0 Å². The Morgan fingerprint density at radius 1 is 0.919 bits per heavy atom. The number of halogens is 1. The molecule has 2 aliphatic heterocycles. The van der Waals surface area contributed by atoms with E-state index in [9.17, 15) is 14.4 Å². The van der Waals surface area contributed by atoms with Crippen LogP contribution in [0.2, 0.25) is 5.02 Å². The van der Waals surface area contributed by atoms with Crippen molar-refractivity contribution in [3.8, 4) is 0 Å². The van der Waals surface area contributed by atoms with Crippen LogP contribution < -0.4 is 14.9 Å². The minimum Gasteiger partial charge on any atom is -0.462 e. The van der Waals surface area contributed by atoms with Gasteiger partial charge in [-0.1, -0.05) is 23.7 Å². The number of esters is 1. The maximum atomic E-state index is 13.8. The number of imide groups is 1. The minimum absolute atomic E-state index is 0.255. The first-order chi connectivity index (χ1) is 17.8. The average molecular weight is 520 g/mol. The van der Waals surface area contributed by atoms with Gasteiger partial charge in [0.05, 0.1) is 29.6 Å². The summed E-state index contributed by atoms with van der Waals surface area (Å²) in [6.07, 6.45) is -0.994. The summed E-state index contributed by atoms with van der Waals surface area (Å²) in [5.74, 6) is -2.05. The number of amides is 2. The molecule has 8 nitrogen and oxygen atoms in total. The Morgan fingerprint density at radius 3 is 2.14 bits per heavy atom. The Bertz CT molecular complexity index is 1330. The number of anilines is 3. The normalized spacial score (nSPS) is 20.8. The van der Waals surface area contributed by atoms with Gasteiger partial charge in [-0.25, -0.2) is 14.8 Å². The molecular weight excluding hydrogens is 494 g/mol. The van der Waals surface area contributed by atoms with E-state index in [0.717, 1.165) is 16.2 Å². The topological polar surface area (TPSA) is 79.4 Å². The monoisotopic (exact) mass is 519 g/mol. The largest absolute Gasteiger partial charge is 0.462 e. The second-order valence-electron chi connectivity index (χ2n) is 9.06. The summed E-state index contributed by atoms with van der Waals surface area (Å²) < 4.78 is 5.02. The zero-order valence-electron chi connectivity index (χ0n) is 20.6. The molecule has 37 heavy (non-hydrogen) atoms. The van der Waals surface area contributed by atoms with Crippen LogP contribution in [0.3, 0.4) is 0 Å². The van der Waals surface area contributed by atoms with Crippen LogP contribution in [-0.4, -0.2) is 44.6 Å². The Hall–Kier alpha value is -3.88. The smallest absolute Gasteiger partial charge is 0.338 e. The number of ether oxygens (including phenoxy) is 1. The number of benzene rings is 3. The van der Waals surface area contributed by atoms with E-state index in [0.29, 0.717) is 22.0 Å². The molecule has 3 atom stereocenters. The van der Waals surface area contributed by atoms with Gasteiger partial charge in [0.1, 0.15) is 5.92 Å². The standard InChI is InChI=1S/C28H26ClN3O5/c1-4-36-28(35)18-7-13-21(14-8-18)31-26(33)23-24(17-5-11-20(12-6-17)30(2)3)32(37-25(23)27(31)34)22-15-9-19(29)10-16-22/h5-16,23-25H,4H2,1-3H3/t23-,24+,25-/m1/s1. The highest BCUT2D eigenvalue weighted by atomic mass is 35.5. The van der Waals surface area contributed by atoms with Crippen molar-refractivity contribution in [2.45, 2.75) is 19.1 Å². The van der Waals surface area contributed by atoms with Crippen molar-refractivity contribution in [3.63, 3.8) is 0 Å². The quantitative estimate of drug-likeness (QED) is 0.347. The SMILES string of the molecule is CCOC(=O)c1ccc(N2C(=O)[C@H]3[C@@H](ON(c4ccc(Cl)cc4)[C@H]3c3ccc(N(C)C)cc3)C2=O)cc1. The van der Waals surface area contributed by atoms with E-state index in [4.69, 9.17) is 21.2 Å². The van der Waals surface area contributed by atoms with Gasteiger partial charge in [0.2, 0.25) is 5.91 Å². The third-order valence-electron chi connectivity index (χ3n) is 6.58. The number of carbonyl (C=O) groups is 3. The van der Waals surface area contributed by atoms with Crippen LogP contribution in [0.25, 0.3) is 0 Å². The molecule has 3 aromatic carbocycles. The predicted octanol–water partition coefficient (Wildman–Crippen LogP) is 4.63. The summed E-state index contributed by atoms with van der Waals surface area (Å²) >= 11 is 6.09. The lowest BCUT2D eigenvalue weighted by Crippen LogP contribution is -2.37. The molecule has 2 amide bonds. The highest BCUT2D eigenvalue weighted by Gasteiger charge is 2.60. The number of rotatable bonds is 6. The minimum atomic E-state index is -0.994. The second kappa shape index (κ2) is 9.88. The van der Waals surface area contributed by atoms with E-state index in [1.807, 2.05) is 43.3 Å². The van der Waals surface area contributed by atoms with Gasteiger partial charge in [-0.15, -0.1) is 0 Å². The van der Waals surface area contributed by atoms with Gasteiger partial charge < -0.3 is 9.64 Å². The van der Waals surface area contributed by atoms with Crippen molar-refractivity contribution in [2.24, 2.45) is 5.92 Å². The second-order valence-corrected chi connectivity index (χ2v) is 9.50. The Kier molecular flexibility index (Phi) is 6.62. The van der Waals surface area contributed by atoms with Crippen molar-refractivity contribution >= 4 is 46.4 Å². The summed E-state index contributed by atoms with van der Waals surface area (Å²) in [5.41, 5.74) is 3.25. The molecule has 2 saturated heterocycles. The Labute approximate surface area is 219 Å². The maximum absolute atomic E-state index is 13.8. The van der Waals surface area contributed by atoms with Crippen LogP contribution in [0.4, 0.5) is 17.1 Å². The first kappa shape index (κ1) is 24.8. The fraction of sp³-hybridized carbons (Fsp3) is 0.250. The lowest BCUT2D eigenvalue weighted by atomic mass is 9.90. The molecule has 2 fully saturated rings. The highest BCUT2D eigenvalue weighted by Crippen LogP contribution is 2.47. The first-order valence-electron chi connectivity index (χ1n) is 11.9. The molecule has 0 N–H and O–H groups in total. The number of fused-ring (bicyclic) bond motifs is 1. The molecular formula is C28H26ClN3O5. The van der Waals surface area contributed by atoms with Gasteiger partial charge in [-0.05, 0) is 73.2 Å². The molecule has 0 spiro atoms. The lowest BCUT2D eigenvalue weighted by molar-refractivity contribution is -0.126. The molecule has 0 bridgehead atoms. The molecule has 0 aromatic heterocycles. The maximum Gasteiger partial charge on any atom is 0.338 e. The van der Waals surface area contributed by atoms with Crippen LogP contribution in [0.15, 0.2) is 72.8 Å². The van der Waals surface area contributed by atoms with Gasteiger partial charge in [-0.2, -0.15) is 0 Å². The van der Waals surface area contributed by atoms with Crippen molar-refractivity contribution in [3.05, 3.63) is 88.9 Å². The lowest BCUT2D eigenvalue weighted by Gasteiger charge is -2.29. The van der Waals surface area contributed by atoms with E-state index < -0.39 is 29.9 Å². The molecule has 0 saturated carbocycles. The molecule has 0 unspecified atom stereocenters. The first-order valence-corrected chi connectivity index (χ1v) is 12.3. The number of carbonyl (C=O) groups excluding carboxylic acids is 3. The van der Waals surface area contributed by atoms with Crippen molar-refractivity contribution < 1.29 is 24.0 Å². The molecule has 0 radical (unpaired) electrons. The molecule has 190 valence electrons. The van der Waals surface area contributed by atoms with Gasteiger partial charge in [0.15, 0.2) is 6.10 Å². The predicted molar refractivity (Wildman–Crippen MR) is 141 cm³/mol. The number of hydrogen-bond acceptors (Lipinski definition) is 7. The third-order valence-corrected chi connectivity index (χ3v) is 6.84. The summed E-state index contributed by atoms with van der Waals surface area (Å²) in [4.78, 5) is 48.6. The fourth-order valence-corrected chi connectivity index (χ4v) is 4.88. The average Bonchev–Trinajstić information content (AvgIpc) is 3.40.